The van der Waals surface area contributed by atoms with Gasteiger partial charge in [0.2, 0.25) is 15.9 Å². The average Bonchev–Trinajstić information content (AvgIpc) is 3.47. The molecule has 1 aromatic carbocycles. The SMILES string of the molecule is CC(C)(C)OC(=O)N1CCCN(C(=O)C(CCn2cccc2C#N)NS(=O)(=O)c2cccc3[nH]ccc23)CC1. The molecule has 3 aromatic rings. The number of benzene rings is 1. The predicted octanol–water partition coefficient (Wildman–Crippen LogP) is 3.05. The molecule has 0 radical (unpaired) electrons. The van der Waals surface area contributed by atoms with Crippen LogP contribution in [0.4, 0.5) is 4.79 Å². The predicted molar refractivity (Wildman–Crippen MR) is 145 cm³/mol. The number of rotatable bonds is 7. The van der Waals surface area contributed by atoms with E-state index in [9.17, 15) is 23.3 Å². The molecule has 12 heteroatoms. The summed E-state index contributed by atoms with van der Waals surface area (Å²) in [6, 6.07) is 11.0. The van der Waals surface area contributed by atoms with Crippen molar-refractivity contribution in [3.05, 3.63) is 54.5 Å². The minimum absolute atomic E-state index is 0.0738. The molecule has 4 rings (SSSR count). The highest BCUT2D eigenvalue weighted by molar-refractivity contribution is 7.89. The van der Waals surface area contributed by atoms with E-state index in [1.165, 1.54) is 6.07 Å². The van der Waals surface area contributed by atoms with Gasteiger partial charge in [-0.05, 0) is 63.9 Å². The minimum atomic E-state index is -4.08. The first kappa shape index (κ1) is 28.2. The Hall–Kier alpha value is -3.82. The van der Waals surface area contributed by atoms with Crippen LogP contribution in [-0.4, -0.2) is 77.6 Å². The Morgan fingerprint density at radius 2 is 1.85 bits per heavy atom. The summed E-state index contributed by atoms with van der Waals surface area (Å²) >= 11 is 0. The Kier molecular flexibility index (Phi) is 8.32. The van der Waals surface area contributed by atoms with Gasteiger partial charge in [0.15, 0.2) is 0 Å². The summed E-state index contributed by atoms with van der Waals surface area (Å²) in [5.74, 6) is -0.378. The van der Waals surface area contributed by atoms with E-state index in [-0.39, 0.29) is 36.9 Å². The lowest BCUT2D eigenvalue weighted by atomic mass is 10.2. The van der Waals surface area contributed by atoms with Crippen LogP contribution in [0, 0.1) is 11.3 Å². The lowest BCUT2D eigenvalue weighted by Crippen LogP contribution is -2.50. The third kappa shape index (κ3) is 6.79. The topological polar surface area (TPSA) is 141 Å². The summed E-state index contributed by atoms with van der Waals surface area (Å²) in [5.41, 5.74) is 0.455. The molecule has 0 bridgehead atoms. The van der Waals surface area contributed by atoms with Crippen LogP contribution < -0.4 is 4.72 Å². The normalized spacial score (nSPS) is 15.5. The molecule has 11 nitrogen and oxygen atoms in total. The van der Waals surface area contributed by atoms with Crippen LogP contribution in [0.2, 0.25) is 0 Å². The van der Waals surface area contributed by atoms with Crippen molar-refractivity contribution in [1.29, 1.82) is 5.26 Å². The quantitative estimate of drug-likeness (QED) is 0.460. The smallest absolute Gasteiger partial charge is 0.410 e. The first-order chi connectivity index (χ1) is 18.5. The summed E-state index contributed by atoms with van der Waals surface area (Å²) in [7, 11) is -4.08. The third-order valence-electron chi connectivity index (χ3n) is 6.50. The van der Waals surface area contributed by atoms with Crippen LogP contribution in [0.25, 0.3) is 10.9 Å². The van der Waals surface area contributed by atoms with Crippen molar-refractivity contribution in [1.82, 2.24) is 24.1 Å². The zero-order valence-corrected chi connectivity index (χ0v) is 23.2. The van der Waals surface area contributed by atoms with Crippen LogP contribution in [0.1, 0.15) is 39.3 Å². The van der Waals surface area contributed by atoms with Gasteiger partial charge in [-0.25, -0.2) is 13.2 Å². The molecule has 208 valence electrons. The molecular weight excluding hydrogens is 520 g/mol. The van der Waals surface area contributed by atoms with Crippen molar-refractivity contribution in [2.75, 3.05) is 26.2 Å². The number of fused-ring (bicyclic) bond motifs is 1. The lowest BCUT2D eigenvalue weighted by Gasteiger charge is -2.28. The molecule has 0 aliphatic carbocycles. The Morgan fingerprint density at radius 3 is 2.59 bits per heavy atom. The second-order valence-electron chi connectivity index (χ2n) is 10.5. The molecule has 1 fully saturated rings. The fraction of sp³-hybridized carbons (Fsp3) is 0.444. The van der Waals surface area contributed by atoms with Crippen LogP contribution in [0.5, 0.6) is 0 Å². The molecule has 2 amide bonds. The molecule has 0 saturated carbocycles. The monoisotopic (exact) mass is 554 g/mol. The zero-order valence-electron chi connectivity index (χ0n) is 22.4. The largest absolute Gasteiger partial charge is 0.444 e. The number of carbonyl (C=O) groups excluding carboxylic acids is 2. The van der Waals surface area contributed by atoms with Gasteiger partial charge in [-0.1, -0.05) is 6.07 Å². The number of nitriles is 1. The first-order valence-electron chi connectivity index (χ1n) is 12.9. The van der Waals surface area contributed by atoms with Crippen molar-refractivity contribution in [3.8, 4) is 6.07 Å². The van der Waals surface area contributed by atoms with Gasteiger partial charge in [0.1, 0.15) is 23.4 Å². The molecule has 0 spiro atoms. The number of hydrogen-bond donors (Lipinski definition) is 2. The number of sulfonamides is 1. The van der Waals surface area contributed by atoms with E-state index in [4.69, 9.17) is 4.74 Å². The molecule has 1 aliphatic heterocycles. The van der Waals surface area contributed by atoms with Gasteiger partial charge in [0.05, 0.1) is 4.90 Å². The Morgan fingerprint density at radius 1 is 1.10 bits per heavy atom. The number of aromatic nitrogens is 2. The summed E-state index contributed by atoms with van der Waals surface area (Å²) in [6.07, 6.45) is 3.61. The lowest BCUT2D eigenvalue weighted by molar-refractivity contribution is -0.133. The average molecular weight is 555 g/mol. The van der Waals surface area contributed by atoms with Gasteiger partial charge in [0.25, 0.3) is 0 Å². The van der Waals surface area contributed by atoms with Crippen LogP contribution in [-0.2, 0) is 26.1 Å². The van der Waals surface area contributed by atoms with Gasteiger partial charge in [-0.3, -0.25) is 4.79 Å². The van der Waals surface area contributed by atoms with E-state index in [2.05, 4.69) is 15.8 Å². The first-order valence-corrected chi connectivity index (χ1v) is 14.4. The molecular formula is C27H34N6O5S. The molecule has 1 saturated heterocycles. The molecule has 39 heavy (non-hydrogen) atoms. The van der Waals surface area contributed by atoms with Gasteiger partial charge < -0.3 is 24.1 Å². The maximum atomic E-state index is 13.8. The molecule has 2 aromatic heterocycles. The molecule has 3 heterocycles. The fourth-order valence-electron chi connectivity index (χ4n) is 4.62. The van der Waals surface area contributed by atoms with Gasteiger partial charge in [-0.2, -0.15) is 9.98 Å². The van der Waals surface area contributed by atoms with Crippen molar-refractivity contribution in [3.63, 3.8) is 0 Å². The molecule has 1 unspecified atom stereocenters. The standard InChI is InChI=1S/C27H34N6O5S/c1-27(2,3)38-26(35)33-15-6-14-32(17-18-33)25(34)23(11-16-31-13-5-7-20(31)19-28)30-39(36,37)24-9-4-8-22-21(24)10-12-29-22/h4-5,7-10,12-13,23,29-30H,6,11,14-18H2,1-3H3. The number of aryl methyl sites for hydroxylation is 1. The fourth-order valence-corrected chi connectivity index (χ4v) is 6.07. The van der Waals surface area contributed by atoms with E-state index in [1.807, 2.05) is 0 Å². The van der Waals surface area contributed by atoms with E-state index in [1.54, 1.807) is 77.9 Å². The maximum absolute atomic E-state index is 13.8. The van der Waals surface area contributed by atoms with Crippen LogP contribution >= 0.6 is 0 Å². The van der Waals surface area contributed by atoms with Gasteiger partial charge >= 0.3 is 6.09 Å². The Labute approximate surface area is 228 Å². The van der Waals surface area contributed by atoms with E-state index < -0.39 is 27.8 Å². The number of amides is 2. The molecule has 2 N–H and O–H groups in total. The van der Waals surface area contributed by atoms with Crippen LogP contribution in [0.15, 0.2) is 53.7 Å². The highest BCUT2D eigenvalue weighted by atomic mass is 32.2. The summed E-state index contributed by atoms with van der Waals surface area (Å²) in [5, 5.41) is 9.89. The van der Waals surface area contributed by atoms with E-state index in [0.29, 0.717) is 36.1 Å². The molecule has 1 aliphatic rings. The summed E-state index contributed by atoms with van der Waals surface area (Å²) in [6.45, 7) is 6.98. The highest BCUT2D eigenvalue weighted by Gasteiger charge is 2.32. The summed E-state index contributed by atoms with van der Waals surface area (Å²) < 4.78 is 36.9. The highest BCUT2D eigenvalue weighted by Crippen LogP contribution is 2.23. The number of nitrogens with one attached hydrogen (secondary N) is 2. The number of nitrogens with zero attached hydrogens (tertiary/aromatic N) is 4. The number of aromatic amines is 1. The van der Waals surface area contributed by atoms with Gasteiger partial charge in [0, 0.05) is 56.0 Å². The Bertz CT molecular complexity index is 1480. The number of carbonyl (C=O) groups is 2. The second-order valence-corrected chi connectivity index (χ2v) is 12.2. The van der Waals surface area contributed by atoms with Crippen molar-refractivity contribution >= 4 is 32.9 Å². The Balaban J connectivity index is 1.55. The number of H-pyrrole nitrogens is 1. The minimum Gasteiger partial charge on any atom is -0.444 e. The van der Waals surface area contributed by atoms with Gasteiger partial charge in [-0.15, -0.1) is 0 Å². The zero-order chi connectivity index (χ0) is 28.2. The summed E-state index contributed by atoms with van der Waals surface area (Å²) in [4.78, 5) is 32.6. The van der Waals surface area contributed by atoms with Crippen molar-refractivity contribution in [2.45, 2.75) is 56.7 Å². The third-order valence-corrected chi connectivity index (χ3v) is 8.03. The number of hydrogen-bond acceptors (Lipinski definition) is 6. The maximum Gasteiger partial charge on any atom is 0.410 e. The van der Waals surface area contributed by atoms with E-state index in [0.717, 1.165) is 0 Å². The second kappa shape index (κ2) is 11.5. The van der Waals surface area contributed by atoms with Crippen molar-refractivity contribution in [2.24, 2.45) is 0 Å². The van der Waals surface area contributed by atoms with Crippen molar-refractivity contribution < 1.29 is 22.7 Å². The molecule has 1 atom stereocenters. The van der Waals surface area contributed by atoms with Crippen LogP contribution in [0.3, 0.4) is 0 Å². The van der Waals surface area contributed by atoms with E-state index >= 15 is 0 Å². The number of ether oxygens (including phenoxy) is 1.